The van der Waals surface area contributed by atoms with Gasteiger partial charge in [-0.3, -0.25) is 14.4 Å². The van der Waals surface area contributed by atoms with Gasteiger partial charge in [-0.2, -0.15) is 0 Å². The second-order valence-corrected chi connectivity index (χ2v) is 10.0. The smallest absolute Gasteiger partial charge is 0.274 e. The quantitative estimate of drug-likeness (QED) is 0.514. The third-order valence-electron chi connectivity index (χ3n) is 7.81. The van der Waals surface area contributed by atoms with E-state index in [0.29, 0.717) is 44.0 Å². The molecule has 3 aromatic rings. The number of aromatic nitrogens is 2. The molecule has 3 aliphatic rings. The van der Waals surface area contributed by atoms with E-state index in [1.165, 1.54) is 0 Å². The molecule has 9 heteroatoms. The first-order chi connectivity index (χ1) is 17.9. The number of aryl methyl sites for hydroxylation is 1. The number of benzene rings is 2. The third-order valence-corrected chi connectivity index (χ3v) is 7.81. The van der Waals surface area contributed by atoms with E-state index in [1.807, 2.05) is 55.6 Å². The lowest BCUT2D eigenvalue weighted by atomic mass is 9.72. The molecule has 1 spiro atoms. The number of likely N-dealkylation sites (tertiary alicyclic amines) is 1. The Morgan fingerprint density at radius 3 is 2.73 bits per heavy atom. The number of imidazole rings is 1. The highest BCUT2D eigenvalue weighted by Gasteiger charge is 2.62. The van der Waals surface area contributed by atoms with Gasteiger partial charge in [-0.1, -0.05) is 30.3 Å². The van der Waals surface area contributed by atoms with Crippen LogP contribution in [0.25, 0.3) is 0 Å². The molecule has 37 heavy (non-hydrogen) atoms. The summed E-state index contributed by atoms with van der Waals surface area (Å²) in [6.45, 7) is 1.32. The normalized spacial score (nSPS) is 23.4. The van der Waals surface area contributed by atoms with E-state index in [9.17, 15) is 14.4 Å². The average molecular weight is 500 g/mol. The highest BCUT2D eigenvalue weighted by atomic mass is 16.5. The number of anilines is 1. The highest BCUT2D eigenvalue weighted by Crippen LogP contribution is 2.57. The van der Waals surface area contributed by atoms with Crippen LogP contribution in [0.5, 0.6) is 5.75 Å². The van der Waals surface area contributed by atoms with E-state index in [2.05, 4.69) is 4.98 Å². The molecule has 1 saturated heterocycles. The van der Waals surface area contributed by atoms with Gasteiger partial charge in [-0.05, 0) is 42.2 Å². The minimum absolute atomic E-state index is 0.0457. The van der Waals surface area contributed by atoms with Gasteiger partial charge in [-0.25, -0.2) is 4.98 Å². The molecule has 3 amide bonds. The number of carbonyl (C=O) groups excluding carboxylic acids is 3. The zero-order valence-electron chi connectivity index (χ0n) is 21.0. The van der Waals surface area contributed by atoms with Crippen LogP contribution >= 0.6 is 0 Å². The molecular formula is C28H29N5O4. The number of fused-ring (bicyclic) bond motifs is 6. The molecule has 0 unspecified atom stereocenters. The summed E-state index contributed by atoms with van der Waals surface area (Å²) in [5.41, 5.74) is 1.71. The van der Waals surface area contributed by atoms with Gasteiger partial charge in [0.1, 0.15) is 23.4 Å². The molecule has 1 fully saturated rings. The van der Waals surface area contributed by atoms with Crippen LogP contribution in [0.15, 0.2) is 61.1 Å². The molecule has 0 aliphatic carbocycles. The molecular weight excluding hydrogens is 470 g/mol. The molecule has 2 aromatic carbocycles. The van der Waals surface area contributed by atoms with Crippen molar-refractivity contribution in [1.82, 2.24) is 19.4 Å². The largest absolute Gasteiger partial charge is 0.494 e. The Hall–Kier alpha value is -4.14. The number of ether oxygens (including phenoxy) is 1. The van der Waals surface area contributed by atoms with Crippen molar-refractivity contribution in [2.45, 2.75) is 24.3 Å². The predicted molar refractivity (Wildman–Crippen MR) is 136 cm³/mol. The van der Waals surface area contributed by atoms with E-state index in [-0.39, 0.29) is 24.3 Å². The van der Waals surface area contributed by atoms with Crippen molar-refractivity contribution in [2.24, 2.45) is 7.05 Å². The van der Waals surface area contributed by atoms with E-state index in [1.54, 1.807) is 38.8 Å². The number of hydrogen-bond donors (Lipinski definition) is 0. The maximum Gasteiger partial charge on any atom is 0.274 e. The summed E-state index contributed by atoms with van der Waals surface area (Å²) in [5, 5.41) is 0. The van der Waals surface area contributed by atoms with Gasteiger partial charge in [0.15, 0.2) is 0 Å². The van der Waals surface area contributed by atoms with Crippen molar-refractivity contribution in [3.05, 3.63) is 77.9 Å². The second kappa shape index (κ2) is 8.76. The first kappa shape index (κ1) is 23.3. The first-order valence-corrected chi connectivity index (χ1v) is 12.6. The lowest BCUT2D eigenvalue weighted by Gasteiger charge is -2.35. The van der Waals surface area contributed by atoms with Gasteiger partial charge in [-0.15, -0.1) is 0 Å². The molecule has 1 aromatic heterocycles. The van der Waals surface area contributed by atoms with Crippen LogP contribution < -0.4 is 9.64 Å². The summed E-state index contributed by atoms with van der Waals surface area (Å²) in [4.78, 5) is 50.7. The van der Waals surface area contributed by atoms with Crippen LogP contribution in [0.4, 0.5) is 5.69 Å². The van der Waals surface area contributed by atoms with Crippen LogP contribution in [-0.2, 0) is 22.1 Å². The Morgan fingerprint density at radius 2 is 1.92 bits per heavy atom. The van der Waals surface area contributed by atoms with Crippen molar-refractivity contribution in [3.8, 4) is 5.75 Å². The van der Waals surface area contributed by atoms with Crippen molar-refractivity contribution in [2.75, 3.05) is 38.2 Å². The summed E-state index contributed by atoms with van der Waals surface area (Å²) in [6.07, 6.45) is 4.40. The molecule has 2 atom stereocenters. The number of likely N-dealkylation sites (N-methyl/N-ethyl adjacent to an activating group) is 1. The number of rotatable bonds is 1. The Bertz CT molecular complexity index is 1400. The van der Waals surface area contributed by atoms with Gasteiger partial charge >= 0.3 is 0 Å². The zero-order chi connectivity index (χ0) is 25.7. The van der Waals surface area contributed by atoms with Crippen LogP contribution in [0, 0.1) is 0 Å². The fraction of sp³-hybridized carbons (Fsp3) is 0.357. The number of nitrogens with zero attached hydrogens (tertiary/aromatic N) is 5. The lowest BCUT2D eigenvalue weighted by molar-refractivity contribution is -0.131. The van der Waals surface area contributed by atoms with Gasteiger partial charge in [0.25, 0.3) is 5.91 Å². The Morgan fingerprint density at radius 1 is 1.08 bits per heavy atom. The molecule has 6 rings (SSSR count). The van der Waals surface area contributed by atoms with Crippen molar-refractivity contribution in [3.63, 3.8) is 0 Å². The van der Waals surface area contributed by atoms with Gasteiger partial charge < -0.3 is 24.0 Å². The van der Waals surface area contributed by atoms with Gasteiger partial charge in [0.2, 0.25) is 11.8 Å². The summed E-state index contributed by atoms with van der Waals surface area (Å²) < 4.78 is 7.76. The topological polar surface area (TPSA) is 88.0 Å². The van der Waals surface area contributed by atoms with Gasteiger partial charge in [0.05, 0.1) is 19.0 Å². The predicted octanol–water partition coefficient (Wildman–Crippen LogP) is 2.53. The van der Waals surface area contributed by atoms with E-state index >= 15 is 0 Å². The third kappa shape index (κ3) is 3.60. The van der Waals surface area contributed by atoms with Gasteiger partial charge in [0, 0.05) is 39.1 Å². The molecule has 0 N–H and O–H groups in total. The summed E-state index contributed by atoms with van der Waals surface area (Å²) >= 11 is 0. The van der Waals surface area contributed by atoms with Crippen molar-refractivity contribution >= 4 is 23.4 Å². The molecule has 190 valence electrons. The van der Waals surface area contributed by atoms with Crippen LogP contribution in [0.2, 0.25) is 0 Å². The first-order valence-electron chi connectivity index (χ1n) is 12.6. The standard InChI is InChI=1S/C28H29N5O4/c1-30-16-22(29-18-30)26(35)32-13-11-28-21-9-3-4-10-23(21)33(27(28)36)17-24(34)31(2)12-6-14-37-20-8-5-7-19(15-20)25(28)32/h3-5,7-10,15-16,18,25H,6,11-14,17H2,1-2H3/t25-,28+/m0/s1. The second-order valence-electron chi connectivity index (χ2n) is 10.0. The molecule has 3 aliphatic heterocycles. The lowest BCUT2D eigenvalue weighted by Crippen LogP contribution is -2.48. The minimum atomic E-state index is -1.03. The maximum atomic E-state index is 14.5. The van der Waals surface area contributed by atoms with Crippen molar-refractivity contribution < 1.29 is 19.1 Å². The minimum Gasteiger partial charge on any atom is -0.494 e. The Labute approximate surface area is 215 Å². The van der Waals surface area contributed by atoms with Crippen LogP contribution in [0.1, 0.15) is 40.5 Å². The SMILES string of the molecule is CN1CCCOc2cccc(c2)[C@@H]2N(C(=O)c3cn(C)cn3)CC[C@]23C(=O)N(CC1=O)c1ccccc13. The van der Waals surface area contributed by atoms with Crippen molar-refractivity contribution in [1.29, 1.82) is 0 Å². The highest BCUT2D eigenvalue weighted by molar-refractivity contribution is 6.12. The summed E-state index contributed by atoms with van der Waals surface area (Å²) in [6, 6.07) is 14.8. The summed E-state index contributed by atoms with van der Waals surface area (Å²) in [5.74, 6) is 0.160. The zero-order valence-corrected chi connectivity index (χ0v) is 21.0. The van der Waals surface area contributed by atoms with E-state index in [0.717, 1.165) is 16.8 Å². The number of hydrogen-bond acceptors (Lipinski definition) is 5. The summed E-state index contributed by atoms with van der Waals surface area (Å²) in [7, 11) is 3.57. The Kier molecular flexibility index (Phi) is 5.51. The number of para-hydroxylation sites is 1. The molecule has 4 heterocycles. The molecule has 0 radical (unpaired) electrons. The monoisotopic (exact) mass is 499 g/mol. The fourth-order valence-corrected chi connectivity index (χ4v) is 6.04. The average Bonchev–Trinajstić information content (AvgIpc) is 3.58. The number of amides is 3. The maximum absolute atomic E-state index is 14.5. The molecule has 9 nitrogen and oxygen atoms in total. The Balaban J connectivity index is 1.55. The van der Waals surface area contributed by atoms with Crippen LogP contribution in [0.3, 0.4) is 0 Å². The molecule has 0 saturated carbocycles. The van der Waals surface area contributed by atoms with E-state index < -0.39 is 11.5 Å². The number of carbonyl (C=O) groups is 3. The van der Waals surface area contributed by atoms with E-state index in [4.69, 9.17) is 4.74 Å². The van der Waals surface area contributed by atoms with Crippen LogP contribution in [-0.4, -0.2) is 70.4 Å². The molecule has 4 bridgehead atoms. The fourth-order valence-electron chi connectivity index (χ4n) is 6.04.